The van der Waals surface area contributed by atoms with Gasteiger partial charge in [0.1, 0.15) is 23.6 Å². The zero-order valence-corrected chi connectivity index (χ0v) is 12.6. The fourth-order valence-corrected chi connectivity index (χ4v) is 2.46. The maximum absolute atomic E-state index is 13.3. The summed E-state index contributed by atoms with van der Waals surface area (Å²) in [6.45, 7) is 1.47. The third-order valence-corrected chi connectivity index (χ3v) is 3.95. The van der Waals surface area contributed by atoms with E-state index in [9.17, 15) is 23.2 Å². The number of carbonyl (C=O) groups is 3. The minimum atomic E-state index is -1.18. The standard InChI is InChI=1S/C15H16F2N2O4/c1-8(15(22)23)18(2)13(20)12-3-4-19(14(12)21)11-6-9(16)5-10(17)7-11/h5-8,12H,3-4H2,1-2H3,(H,22,23)/t8-,12+/m1/s1. The Labute approximate surface area is 131 Å². The molecule has 1 aromatic carbocycles. The number of carboxylic acid groups (broad SMARTS) is 1. The molecule has 0 spiro atoms. The van der Waals surface area contributed by atoms with Crippen molar-refractivity contribution in [1.82, 2.24) is 4.90 Å². The predicted molar refractivity (Wildman–Crippen MR) is 76.7 cm³/mol. The fourth-order valence-electron chi connectivity index (χ4n) is 2.46. The van der Waals surface area contributed by atoms with Crippen molar-refractivity contribution in [2.75, 3.05) is 18.5 Å². The van der Waals surface area contributed by atoms with E-state index in [1.165, 1.54) is 14.0 Å². The van der Waals surface area contributed by atoms with E-state index in [1.807, 2.05) is 0 Å². The number of halogens is 2. The molecule has 2 amide bonds. The van der Waals surface area contributed by atoms with Gasteiger partial charge in [-0.25, -0.2) is 13.6 Å². The van der Waals surface area contributed by atoms with E-state index in [1.54, 1.807) is 0 Å². The Balaban J connectivity index is 2.18. The van der Waals surface area contributed by atoms with Gasteiger partial charge < -0.3 is 14.9 Å². The van der Waals surface area contributed by atoms with Crippen LogP contribution in [0.1, 0.15) is 13.3 Å². The molecule has 6 nitrogen and oxygen atoms in total. The predicted octanol–water partition coefficient (Wildman–Crippen LogP) is 1.25. The monoisotopic (exact) mass is 326 g/mol. The molecule has 2 atom stereocenters. The third kappa shape index (κ3) is 3.30. The van der Waals surface area contributed by atoms with Crippen LogP contribution in [0.25, 0.3) is 0 Å². The molecule has 0 unspecified atom stereocenters. The van der Waals surface area contributed by atoms with Gasteiger partial charge in [-0.2, -0.15) is 0 Å². The first-order valence-electron chi connectivity index (χ1n) is 6.99. The van der Waals surface area contributed by atoms with Crippen molar-refractivity contribution >= 4 is 23.5 Å². The van der Waals surface area contributed by atoms with E-state index in [-0.39, 0.29) is 18.7 Å². The summed E-state index contributed by atoms with van der Waals surface area (Å²) in [4.78, 5) is 37.7. The van der Waals surface area contributed by atoms with Crippen LogP contribution in [0.2, 0.25) is 0 Å². The topological polar surface area (TPSA) is 77.9 Å². The van der Waals surface area contributed by atoms with Crippen molar-refractivity contribution in [2.24, 2.45) is 5.92 Å². The van der Waals surface area contributed by atoms with Gasteiger partial charge in [0, 0.05) is 25.3 Å². The quantitative estimate of drug-likeness (QED) is 0.845. The number of rotatable bonds is 4. The van der Waals surface area contributed by atoms with Gasteiger partial charge in [0.25, 0.3) is 0 Å². The summed E-state index contributed by atoms with van der Waals surface area (Å²) >= 11 is 0. The molecule has 0 aromatic heterocycles. The average Bonchev–Trinajstić information content (AvgIpc) is 2.85. The second kappa shape index (κ2) is 6.31. The normalized spacial score (nSPS) is 18.9. The highest BCUT2D eigenvalue weighted by Crippen LogP contribution is 2.28. The number of benzene rings is 1. The number of carbonyl (C=O) groups excluding carboxylic acids is 2. The first-order chi connectivity index (χ1) is 10.7. The minimum Gasteiger partial charge on any atom is -0.480 e. The minimum absolute atomic E-state index is 0.0386. The van der Waals surface area contributed by atoms with Crippen LogP contribution < -0.4 is 4.90 Å². The van der Waals surface area contributed by atoms with Crippen molar-refractivity contribution in [1.29, 1.82) is 0 Å². The van der Waals surface area contributed by atoms with Gasteiger partial charge in [0.05, 0.1) is 0 Å². The zero-order chi connectivity index (χ0) is 17.3. The van der Waals surface area contributed by atoms with Crippen LogP contribution >= 0.6 is 0 Å². The largest absolute Gasteiger partial charge is 0.480 e. The van der Waals surface area contributed by atoms with Crippen LogP contribution in [-0.4, -0.2) is 47.4 Å². The summed E-state index contributed by atoms with van der Waals surface area (Å²) in [6, 6.07) is 1.64. The van der Waals surface area contributed by atoms with E-state index >= 15 is 0 Å². The Bertz CT molecular complexity index is 645. The molecule has 0 aliphatic carbocycles. The van der Waals surface area contributed by atoms with E-state index in [2.05, 4.69) is 0 Å². The number of amides is 2. The van der Waals surface area contributed by atoms with Crippen LogP contribution in [0.3, 0.4) is 0 Å². The Morgan fingerprint density at radius 1 is 1.30 bits per heavy atom. The van der Waals surface area contributed by atoms with Crippen molar-refractivity contribution in [3.8, 4) is 0 Å². The summed E-state index contributed by atoms with van der Waals surface area (Å²) in [7, 11) is 1.30. The summed E-state index contributed by atoms with van der Waals surface area (Å²) in [5, 5.41) is 8.93. The molecule has 1 saturated heterocycles. The highest BCUT2D eigenvalue weighted by Gasteiger charge is 2.40. The fraction of sp³-hybridized carbons (Fsp3) is 0.400. The van der Waals surface area contributed by atoms with Gasteiger partial charge in [-0.15, -0.1) is 0 Å². The Kier molecular flexibility index (Phi) is 4.63. The van der Waals surface area contributed by atoms with Gasteiger partial charge in [0.2, 0.25) is 11.8 Å². The zero-order valence-electron chi connectivity index (χ0n) is 12.6. The lowest BCUT2D eigenvalue weighted by molar-refractivity contribution is -0.151. The summed E-state index contributed by atoms with van der Waals surface area (Å²) in [5.74, 6) is -5.09. The molecule has 23 heavy (non-hydrogen) atoms. The summed E-state index contributed by atoms with van der Waals surface area (Å²) < 4.78 is 26.5. The van der Waals surface area contributed by atoms with Crippen molar-refractivity contribution in [3.63, 3.8) is 0 Å². The van der Waals surface area contributed by atoms with Crippen molar-refractivity contribution < 1.29 is 28.3 Å². The molecule has 1 N–H and O–H groups in total. The summed E-state index contributed by atoms with van der Waals surface area (Å²) in [6.07, 6.45) is 0.159. The third-order valence-electron chi connectivity index (χ3n) is 3.95. The lowest BCUT2D eigenvalue weighted by Crippen LogP contribution is -2.45. The molecular weight excluding hydrogens is 310 g/mol. The van der Waals surface area contributed by atoms with Crippen LogP contribution in [0.15, 0.2) is 18.2 Å². The smallest absolute Gasteiger partial charge is 0.326 e. The second-order valence-corrected chi connectivity index (χ2v) is 5.42. The Morgan fingerprint density at radius 3 is 2.39 bits per heavy atom. The number of nitrogens with zero attached hydrogens (tertiary/aromatic N) is 2. The van der Waals surface area contributed by atoms with Gasteiger partial charge in [-0.05, 0) is 25.5 Å². The second-order valence-electron chi connectivity index (χ2n) is 5.42. The van der Waals surface area contributed by atoms with E-state index in [0.717, 1.165) is 21.9 Å². The molecule has 1 heterocycles. The van der Waals surface area contributed by atoms with E-state index in [4.69, 9.17) is 5.11 Å². The van der Waals surface area contributed by atoms with Crippen molar-refractivity contribution in [2.45, 2.75) is 19.4 Å². The number of likely N-dealkylation sites (N-methyl/N-ethyl adjacent to an activating group) is 1. The lowest BCUT2D eigenvalue weighted by atomic mass is 10.1. The first kappa shape index (κ1) is 16.9. The Morgan fingerprint density at radius 2 is 1.87 bits per heavy atom. The molecule has 1 fully saturated rings. The lowest BCUT2D eigenvalue weighted by Gasteiger charge is -2.24. The maximum atomic E-state index is 13.3. The van der Waals surface area contributed by atoms with Crippen LogP contribution in [0.5, 0.6) is 0 Å². The van der Waals surface area contributed by atoms with Crippen molar-refractivity contribution in [3.05, 3.63) is 29.8 Å². The van der Waals surface area contributed by atoms with E-state index < -0.39 is 41.4 Å². The highest BCUT2D eigenvalue weighted by molar-refractivity contribution is 6.10. The van der Waals surface area contributed by atoms with E-state index in [0.29, 0.717) is 6.07 Å². The number of carboxylic acids is 1. The molecule has 2 rings (SSSR count). The van der Waals surface area contributed by atoms with Gasteiger partial charge in [0.15, 0.2) is 0 Å². The highest BCUT2D eigenvalue weighted by atomic mass is 19.1. The number of hydrogen-bond donors (Lipinski definition) is 1. The molecule has 8 heteroatoms. The Hall–Kier alpha value is -2.51. The molecule has 124 valence electrons. The SMILES string of the molecule is C[C@H](C(=O)O)N(C)C(=O)[C@@H]1CCN(c2cc(F)cc(F)c2)C1=O. The number of aliphatic carboxylic acids is 1. The number of anilines is 1. The van der Waals surface area contributed by atoms with Crippen LogP contribution in [-0.2, 0) is 14.4 Å². The maximum Gasteiger partial charge on any atom is 0.326 e. The molecule has 0 bridgehead atoms. The van der Waals surface area contributed by atoms with Gasteiger partial charge in [-0.3, -0.25) is 9.59 Å². The summed E-state index contributed by atoms with van der Waals surface area (Å²) in [5.41, 5.74) is 0.0386. The van der Waals surface area contributed by atoms with Gasteiger partial charge in [-0.1, -0.05) is 0 Å². The van der Waals surface area contributed by atoms with Crippen LogP contribution in [0, 0.1) is 17.6 Å². The van der Waals surface area contributed by atoms with Gasteiger partial charge >= 0.3 is 5.97 Å². The molecule has 1 aliphatic rings. The molecule has 1 aliphatic heterocycles. The first-order valence-corrected chi connectivity index (χ1v) is 6.99. The molecule has 0 radical (unpaired) electrons. The molecular formula is C15H16F2N2O4. The number of hydrogen-bond acceptors (Lipinski definition) is 3. The average molecular weight is 326 g/mol. The molecule has 0 saturated carbocycles. The van der Waals surface area contributed by atoms with Crippen LogP contribution in [0.4, 0.5) is 14.5 Å². The molecule has 1 aromatic rings.